The second-order valence-electron chi connectivity index (χ2n) is 6.40. The molecule has 1 atom stereocenters. The minimum Gasteiger partial charge on any atom is -0.497 e. The molecule has 0 bridgehead atoms. The third kappa shape index (κ3) is 4.17. The highest BCUT2D eigenvalue weighted by molar-refractivity contribution is 7.96. The van der Waals surface area contributed by atoms with Gasteiger partial charge in [0.25, 0.3) is 5.91 Å². The monoisotopic (exact) mass is 427 g/mol. The molecule has 3 rings (SSSR count). The number of ether oxygens (including phenoxy) is 1. The summed E-state index contributed by atoms with van der Waals surface area (Å²) < 4.78 is 67.9. The van der Waals surface area contributed by atoms with Crippen molar-refractivity contribution in [2.24, 2.45) is 0 Å². The number of halogens is 1. The lowest BCUT2D eigenvalue weighted by atomic mass is 10.2. The largest absolute Gasteiger partial charge is 0.497 e. The zero-order valence-corrected chi connectivity index (χ0v) is 16.5. The summed E-state index contributed by atoms with van der Waals surface area (Å²) in [6.45, 7) is 0. The third-order valence-corrected chi connectivity index (χ3v) is 8.64. The Bertz CT molecular complexity index is 1130. The smallest absolute Gasteiger partial charge is 0.258 e. The summed E-state index contributed by atoms with van der Waals surface area (Å²) in [5.41, 5.74) is -0.108. The van der Waals surface area contributed by atoms with E-state index in [9.17, 15) is 26.0 Å². The van der Waals surface area contributed by atoms with E-state index in [4.69, 9.17) is 4.74 Å². The fourth-order valence-electron chi connectivity index (χ4n) is 2.95. The summed E-state index contributed by atoms with van der Waals surface area (Å²) >= 11 is 0. The molecule has 1 aliphatic heterocycles. The number of nitrogens with one attached hydrogen (secondary N) is 1. The molecule has 1 N–H and O–H groups in total. The van der Waals surface area contributed by atoms with Gasteiger partial charge in [-0.15, -0.1) is 0 Å². The Morgan fingerprint density at radius 1 is 1.21 bits per heavy atom. The second kappa shape index (κ2) is 7.51. The predicted molar refractivity (Wildman–Crippen MR) is 102 cm³/mol. The molecule has 0 unspecified atom stereocenters. The lowest BCUT2D eigenvalue weighted by molar-refractivity contribution is 0.102. The number of carbonyl (C=O) groups excluding carboxylic acids is 1. The summed E-state index contributed by atoms with van der Waals surface area (Å²) in [5.74, 6) is -1.92. The average molecular weight is 427 g/mol. The molecular formula is C18H18FNO6S2. The van der Waals surface area contributed by atoms with Crippen LogP contribution in [-0.4, -0.2) is 46.6 Å². The molecule has 0 radical (unpaired) electrons. The highest BCUT2D eigenvalue weighted by atomic mass is 32.2. The Balaban J connectivity index is 1.90. The molecule has 150 valence electrons. The van der Waals surface area contributed by atoms with Crippen molar-refractivity contribution in [1.29, 1.82) is 0 Å². The third-order valence-electron chi connectivity index (χ3n) is 4.47. The molecule has 1 amide bonds. The number of hydrogen-bond donors (Lipinski definition) is 1. The van der Waals surface area contributed by atoms with Gasteiger partial charge in [0.2, 0.25) is 0 Å². The molecule has 10 heteroatoms. The molecular weight excluding hydrogens is 409 g/mol. The summed E-state index contributed by atoms with van der Waals surface area (Å²) in [6, 6.07) is 9.26. The maximum absolute atomic E-state index is 14.2. The Labute approximate surface area is 162 Å². The summed E-state index contributed by atoms with van der Waals surface area (Å²) in [4.78, 5) is 12.2. The van der Waals surface area contributed by atoms with Gasteiger partial charge in [0.1, 0.15) is 11.6 Å². The lowest BCUT2D eigenvalue weighted by Crippen LogP contribution is -2.23. The van der Waals surface area contributed by atoms with Crippen LogP contribution in [0.5, 0.6) is 5.75 Å². The van der Waals surface area contributed by atoms with E-state index in [1.54, 1.807) is 18.2 Å². The molecule has 1 saturated heterocycles. The first-order valence-corrected chi connectivity index (χ1v) is 11.7. The van der Waals surface area contributed by atoms with Gasteiger partial charge in [-0.2, -0.15) is 0 Å². The van der Waals surface area contributed by atoms with E-state index < -0.39 is 48.0 Å². The quantitative estimate of drug-likeness (QED) is 0.732. The molecule has 28 heavy (non-hydrogen) atoms. The highest BCUT2D eigenvalue weighted by Gasteiger charge is 2.38. The Morgan fingerprint density at radius 3 is 2.61 bits per heavy atom. The number of carbonyl (C=O) groups is 1. The van der Waals surface area contributed by atoms with Crippen LogP contribution in [0.1, 0.15) is 16.8 Å². The van der Waals surface area contributed by atoms with Crippen LogP contribution in [0.15, 0.2) is 47.4 Å². The molecule has 0 aromatic heterocycles. The fraction of sp³-hybridized carbons (Fsp3) is 0.278. The molecule has 1 aliphatic rings. The molecule has 1 fully saturated rings. The number of anilines is 1. The van der Waals surface area contributed by atoms with Crippen LogP contribution >= 0.6 is 0 Å². The zero-order valence-electron chi connectivity index (χ0n) is 14.9. The molecule has 2 aromatic rings. The van der Waals surface area contributed by atoms with E-state index in [1.165, 1.54) is 13.2 Å². The van der Waals surface area contributed by atoms with Crippen molar-refractivity contribution in [3.8, 4) is 5.75 Å². The van der Waals surface area contributed by atoms with Crippen LogP contribution < -0.4 is 10.1 Å². The van der Waals surface area contributed by atoms with E-state index in [-0.39, 0.29) is 17.1 Å². The van der Waals surface area contributed by atoms with Gasteiger partial charge < -0.3 is 10.1 Å². The number of rotatable bonds is 5. The van der Waals surface area contributed by atoms with Crippen LogP contribution in [0.4, 0.5) is 10.1 Å². The maximum Gasteiger partial charge on any atom is 0.258 e. The van der Waals surface area contributed by atoms with E-state index in [0.29, 0.717) is 11.4 Å². The fourth-order valence-corrected chi connectivity index (χ4v) is 7.34. The first-order chi connectivity index (χ1) is 13.1. The van der Waals surface area contributed by atoms with Crippen LogP contribution in [0.2, 0.25) is 0 Å². The molecule has 7 nitrogen and oxygen atoms in total. The molecule has 0 aliphatic carbocycles. The van der Waals surface area contributed by atoms with Crippen LogP contribution in [0.3, 0.4) is 0 Å². The molecule has 0 saturated carbocycles. The standard InChI is InChI=1S/C18H18FNO6S2/c1-26-13-4-2-3-12(9-13)20-18(21)16-10-14(5-6-17(16)19)28(24,25)15-7-8-27(22,23)11-15/h2-6,9-10,15H,7-8,11H2,1H3,(H,20,21)/t15-/m0/s1. The van der Waals surface area contributed by atoms with Crippen molar-refractivity contribution in [2.45, 2.75) is 16.6 Å². The lowest BCUT2D eigenvalue weighted by Gasteiger charge is -2.12. The van der Waals surface area contributed by atoms with Gasteiger partial charge in [-0.05, 0) is 36.8 Å². The molecule has 0 spiro atoms. The average Bonchev–Trinajstić information content (AvgIpc) is 3.02. The van der Waals surface area contributed by atoms with Crippen molar-refractivity contribution < 1.29 is 30.8 Å². The molecule has 2 aromatic carbocycles. The number of hydrogen-bond acceptors (Lipinski definition) is 6. The summed E-state index contributed by atoms with van der Waals surface area (Å²) in [5, 5.41) is 1.39. The first kappa shape index (κ1) is 20.3. The van der Waals surface area contributed by atoms with Gasteiger partial charge in [-0.3, -0.25) is 4.79 Å². The first-order valence-electron chi connectivity index (χ1n) is 8.32. The van der Waals surface area contributed by atoms with Crippen LogP contribution in [0.25, 0.3) is 0 Å². The van der Waals surface area contributed by atoms with Crippen molar-refractivity contribution >= 4 is 31.3 Å². The number of benzene rings is 2. The van der Waals surface area contributed by atoms with Crippen molar-refractivity contribution in [3.63, 3.8) is 0 Å². The molecule has 1 heterocycles. The summed E-state index contributed by atoms with van der Waals surface area (Å²) in [6.07, 6.45) is -0.0205. The topological polar surface area (TPSA) is 107 Å². The minimum atomic E-state index is -4.01. The van der Waals surface area contributed by atoms with Gasteiger partial charge in [0.05, 0.1) is 34.3 Å². The second-order valence-corrected chi connectivity index (χ2v) is 10.9. The number of methoxy groups -OCH3 is 1. The van der Waals surface area contributed by atoms with Gasteiger partial charge in [-0.25, -0.2) is 21.2 Å². The van der Waals surface area contributed by atoms with E-state index >= 15 is 0 Å². The van der Waals surface area contributed by atoms with Crippen LogP contribution in [-0.2, 0) is 19.7 Å². The van der Waals surface area contributed by atoms with Gasteiger partial charge in [-0.1, -0.05) is 6.07 Å². The van der Waals surface area contributed by atoms with Crippen molar-refractivity contribution in [3.05, 3.63) is 53.8 Å². The van der Waals surface area contributed by atoms with E-state index in [1.807, 2.05) is 0 Å². The minimum absolute atomic E-state index is 0.0205. The SMILES string of the molecule is COc1cccc(NC(=O)c2cc(S(=O)(=O)[C@H]3CCS(=O)(=O)C3)ccc2F)c1. The highest BCUT2D eigenvalue weighted by Crippen LogP contribution is 2.27. The predicted octanol–water partition coefficient (Wildman–Crippen LogP) is 2.05. The Morgan fingerprint density at radius 2 is 1.96 bits per heavy atom. The zero-order chi connectivity index (χ0) is 20.5. The van der Waals surface area contributed by atoms with E-state index in [2.05, 4.69) is 5.32 Å². The van der Waals surface area contributed by atoms with Gasteiger partial charge in [0, 0.05) is 11.8 Å². The van der Waals surface area contributed by atoms with Crippen molar-refractivity contribution in [1.82, 2.24) is 0 Å². The van der Waals surface area contributed by atoms with Crippen LogP contribution in [0, 0.1) is 5.82 Å². The summed E-state index contributed by atoms with van der Waals surface area (Å²) in [7, 11) is -5.97. The Hall–Kier alpha value is -2.46. The number of sulfone groups is 2. The Kier molecular flexibility index (Phi) is 5.44. The van der Waals surface area contributed by atoms with Gasteiger partial charge in [0.15, 0.2) is 19.7 Å². The van der Waals surface area contributed by atoms with E-state index in [0.717, 1.165) is 18.2 Å². The normalized spacial score (nSPS) is 18.6. The van der Waals surface area contributed by atoms with Gasteiger partial charge >= 0.3 is 0 Å². The number of amides is 1. The maximum atomic E-state index is 14.2. The van der Waals surface area contributed by atoms with Crippen molar-refractivity contribution in [2.75, 3.05) is 23.9 Å².